The first-order valence-corrected chi connectivity index (χ1v) is 12.7. The summed E-state index contributed by atoms with van der Waals surface area (Å²) in [5.74, 6) is -1.36. The number of anilines is 1. The Morgan fingerprint density at radius 1 is 1.15 bits per heavy atom. The Balaban J connectivity index is 1.80. The minimum absolute atomic E-state index is 0.0290. The molecule has 202 valence electrons. The van der Waals surface area contributed by atoms with Gasteiger partial charge in [-0.05, 0) is 54.3 Å². The third-order valence-corrected chi connectivity index (χ3v) is 6.99. The molecule has 8 nitrogen and oxygen atoms in total. The summed E-state index contributed by atoms with van der Waals surface area (Å²) in [5.41, 5.74) is 10.3. The topological polar surface area (TPSA) is 103 Å². The van der Waals surface area contributed by atoms with Crippen molar-refractivity contribution in [2.45, 2.75) is 39.5 Å². The molecule has 1 aromatic carbocycles. The molecule has 2 N–H and O–H groups in total. The number of hydrogen-bond acceptors (Lipinski definition) is 6. The fourth-order valence-corrected chi connectivity index (χ4v) is 4.31. The molecule has 4 rings (SSSR count). The minimum atomic E-state index is -0.744. The molecule has 0 aliphatic carbocycles. The molecule has 0 radical (unpaired) electrons. The van der Waals surface area contributed by atoms with Gasteiger partial charge in [0.25, 0.3) is 0 Å². The van der Waals surface area contributed by atoms with E-state index in [4.69, 9.17) is 15.5 Å². The van der Waals surface area contributed by atoms with E-state index in [1.165, 1.54) is 23.2 Å². The van der Waals surface area contributed by atoms with Gasteiger partial charge in [-0.25, -0.2) is 9.97 Å². The van der Waals surface area contributed by atoms with Crippen LogP contribution in [0.2, 0.25) is 0 Å². The summed E-state index contributed by atoms with van der Waals surface area (Å²) in [6.07, 6.45) is 6.19. The predicted octanol–water partition coefficient (Wildman–Crippen LogP) is 5.49. The van der Waals surface area contributed by atoms with Gasteiger partial charge >= 0.3 is 5.97 Å². The molecule has 0 bridgehead atoms. The molecule has 0 aliphatic heterocycles. The van der Waals surface area contributed by atoms with E-state index in [0.29, 0.717) is 22.5 Å². The standard InChI is InChI=1S/C30H32FN5O3/c1-6-18(3)28(32)30(38)39-19(4)36-17-25(21-11-12-33-26(31)15-21)24-14-22(16-34-29(24)36)20-9-8-10-23(13-20)35(5)27(37)7-2/h7-19,28H,2,6,32H2,1,3-5H3/t18-,19?,28-/m0/s1. The average Bonchev–Trinajstić information content (AvgIpc) is 3.34. The van der Waals surface area contributed by atoms with E-state index in [9.17, 15) is 14.0 Å². The first-order valence-electron chi connectivity index (χ1n) is 12.7. The number of esters is 1. The summed E-state index contributed by atoms with van der Waals surface area (Å²) in [4.78, 5) is 34.7. The van der Waals surface area contributed by atoms with Gasteiger partial charge in [0, 0.05) is 53.9 Å². The Labute approximate surface area is 226 Å². The molecule has 0 saturated heterocycles. The van der Waals surface area contributed by atoms with E-state index in [2.05, 4.69) is 11.6 Å². The zero-order valence-corrected chi connectivity index (χ0v) is 22.5. The van der Waals surface area contributed by atoms with Crippen molar-refractivity contribution in [2.24, 2.45) is 11.7 Å². The maximum absolute atomic E-state index is 14.1. The number of carbonyl (C=O) groups excluding carboxylic acids is 2. The maximum atomic E-state index is 14.1. The Morgan fingerprint density at radius 2 is 1.92 bits per heavy atom. The summed E-state index contributed by atoms with van der Waals surface area (Å²) in [7, 11) is 1.68. The number of nitrogens with two attached hydrogens (primary N) is 1. The van der Waals surface area contributed by atoms with Gasteiger partial charge in [0.2, 0.25) is 11.9 Å². The number of rotatable bonds is 9. The summed E-state index contributed by atoms with van der Waals surface area (Å²) < 4.78 is 21.5. The fraction of sp³-hybridized carbons (Fsp3) is 0.267. The lowest BCUT2D eigenvalue weighted by atomic mass is 10.0. The van der Waals surface area contributed by atoms with Gasteiger partial charge < -0.3 is 15.4 Å². The quantitative estimate of drug-likeness (QED) is 0.175. The normalized spacial score (nSPS) is 13.5. The van der Waals surface area contributed by atoms with Crippen LogP contribution in [0.5, 0.6) is 0 Å². The number of likely N-dealkylation sites (N-methyl/N-ethyl adjacent to an activating group) is 1. The van der Waals surface area contributed by atoms with Crippen LogP contribution in [0.1, 0.15) is 33.4 Å². The highest BCUT2D eigenvalue weighted by atomic mass is 19.1. The largest absolute Gasteiger partial charge is 0.440 e. The van der Waals surface area contributed by atoms with Crippen molar-refractivity contribution < 1.29 is 18.7 Å². The van der Waals surface area contributed by atoms with Gasteiger partial charge in [-0.3, -0.25) is 14.2 Å². The van der Waals surface area contributed by atoms with E-state index in [-0.39, 0.29) is 11.8 Å². The SMILES string of the molecule is C=CC(=O)N(C)c1cccc(-c2cnc3c(c2)c(-c2ccnc(F)c2)cn3C(C)OC(=O)[C@@H](N)[C@@H](C)CC)c1. The lowest BCUT2D eigenvalue weighted by Gasteiger charge is -2.21. The number of pyridine rings is 2. The third kappa shape index (κ3) is 5.73. The molecule has 1 amide bonds. The maximum Gasteiger partial charge on any atom is 0.325 e. The molecule has 39 heavy (non-hydrogen) atoms. The van der Waals surface area contributed by atoms with Crippen LogP contribution in [-0.2, 0) is 14.3 Å². The number of benzene rings is 1. The van der Waals surface area contributed by atoms with Crippen LogP contribution in [0.3, 0.4) is 0 Å². The second-order valence-electron chi connectivity index (χ2n) is 9.51. The second-order valence-corrected chi connectivity index (χ2v) is 9.51. The Bertz CT molecular complexity index is 1530. The van der Waals surface area contributed by atoms with Crippen LogP contribution in [0.4, 0.5) is 10.1 Å². The van der Waals surface area contributed by atoms with E-state index in [1.807, 2.05) is 44.2 Å². The van der Waals surface area contributed by atoms with Gasteiger partial charge in [-0.15, -0.1) is 0 Å². The number of amides is 1. The second kappa shape index (κ2) is 11.6. The first kappa shape index (κ1) is 27.7. The van der Waals surface area contributed by atoms with Crippen molar-refractivity contribution >= 4 is 28.6 Å². The van der Waals surface area contributed by atoms with Crippen LogP contribution in [0.15, 0.2) is 73.7 Å². The Morgan fingerprint density at radius 3 is 2.62 bits per heavy atom. The van der Waals surface area contributed by atoms with Crippen LogP contribution in [-0.4, -0.2) is 39.5 Å². The molecular weight excluding hydrogens is 497 g/mol. The zero-order chi connectivity index (χ0) is 28.3. The third-order valence-electron chi connectivity index (χ3n) is 6.99. The molecule has 9 heteroatoms. The molecule has 0 saturated carbocycles. The number of fused-ring (bicyclic) bond motifs is 1. The van der Waals surface area contributed by atoms with Crippen LogP contribution < -0.4 is 10.6 Å². The molecule has 1 unspecified atom stereocenters. The van der Waals surface area contributed by atoms with Crippen molar-refractivity contribution in [3.05, 3.63) is 79.7 Å². The summed E-state index contributed by atoms with van der Waals surface area (Å²) in [5, 5.41) is 0.730. The number of carbonyl (C=O) groups is 2. The van der Waals surface area contributed by atoms with E-state index >= 15 is 0 Å². The van der Waals surface area contributed by atoms with Crippen molar-refractivity contribution in [3.63, 3.8) is 0 Å². The Kier molecular flexibility index (Phi) is 8.21. The summed E-state index contributed by atoms with van der Waals surface area (Å²) in [6, 6.07) is 11.7. The number of hydrogen-bond donors (Lipinski definition) is 1. The highest BCUT2D eigenvalue weighted by molar-refractivity contribution is 6.01. The Hall–Kier alpha value is -4.37. The van der Waals surface area contributed by atoms with Gasteiger partial charge in [-0.1, -0.05) is 39.0 Å². The van der Waals surface area contributed by atoms with E-state index in [1.54, 1.807) is 37.0 Å². The van der Waals surface area contributed by atoms with Crippen LogP contribution in [0, 0.1) is 11.9 Å². The first-order chi connectivity index (χ1) is 18.6. The molecule has 3 atom stereocenters. The fourth-order valence-electron chi connectivity index (χ4n) is 4.31. The van der Waals surface area contributed by atoms with Gasteiger partial charge in [0.1, 0.15) is 11.7 Å². The number of halogens is 1. The highest BCUT2D eigenvalue weighted by Crippen LogP contribution is 2.35. The lowest BCUT2D eigenvalue weighted by molar-refractivity contribution is -0.155. The smallest absolute Gasteiger partial charge is 0.325 e. The average molecular weight is 530 g/mol. The molecule has 3 heterocycles. The van der Waals surface area contributed by atoms with Crippen molar-refractivity contribution in [3.8, 4) is 22.3 Å². The minimum Gasteiger partial charge on any atom is -0.440 e. The van der Waals surface area contributed by atoms with Crippen molar-refractivity contribution in [1.29, 1.82) is 0 Å². The molecular formula is C30H32FN5O3. The van der Waals surface area contributed by atoms with Gasteiger partial charge in [-0.2, -0.15) is 4.39 Å². The number of ether oxygens (including phenoxy) is 1. The highest BCUT2D eigenvalue weighted by Gasteiger charge is 2.25. The zero-order valence-electron chi connectivity index (χ0n) is 22.5. The number of aromatic nitrogens is 3. The molecule has 3 aromatic heterocycles. The summed E-state index contributed by atoms with van der Waals surface area (Å²) in [6.45, 7) is 9.16. The van der Waals surface area contributed by atoms with Crippen LogP contribution >= 0.6 is 0 Å². The monoisotopic (exact) mass is 529 g/mol. The van der Waals surface area contributed by atoms with Gasteiger partial charge in [0.15, 0.2) is 6.23 Å². The molecule has 0 aliphatic rings. The van der Waals surface area contributed by atoms with Crippen molar-refractivity contribution in [1.82, 2.24) is 14.5 Å². The van der Waals surface area contributed by atoms with E-state index in [0.717, 1.165) is 22.9 Å². The lowest BCUT2D eigenvalue weighted by Crippen LogP contribution is -2.38. The van der Waals surface area contributed by atoms with E-state index < -0.39 is 24.2 Å². The molecule has 4 aromatic rings. The molecule has 0 fully saturated rings. The molecule has 0 spiro atoms. The number of nitrogens with zero attached hydrogens (tertiary/aromatic N) is 4. The predicted molar refractivity (Wildman–Crippen MR) is 150 cm³/mol. The van der Waals surface area contributed by atoms with Crippen LogP contribution in [0.25, 0.3) is 33.3 Å². The van der Waals surface area contributed by atoms with Crippen molar-refractivity contribution in [2.75, 3.05) is 11.9 Å². The summed E-state index contributed by atoms with van der Waals surface area (Å²) >= 11 is 0. The van der Waals surface area contributed by atoms with Gasteiger partial charge in [0.05, 0.1) is 0 Å².